The van der Waals surface area contributed by atoms with E-state index in [9.17, 15) is 14.4 Å². The molecule has 3 amide bonds. The summed E-state index contributed by atoms with van der Waals surface area (Å²) in [6, 6.07) is 8.75. The van der Waals surface area contributed by atoms with Crippen molar-refractivity contribution in [1.29, 1.82) is 0 Å². The van der Waals surface area contributed by atoms with Crippen molar-refractivity contribution in [3.63, 3.8) is 0 Å². The van der Waals surface area contributed by atoms with E-state index >= 15 is 0 Å². The van der Waals surface area contributed by atoms with Crippen molar-refractivity contribution in [2.75, 3.05) is 18.0 Å². The van der Waals surface area contributed by atoms with Crippen LogP contribution < -0.4 is 16.0 Å². The molecule has 0 saturated carbocycles. The number of nitrogens with two attached hydrogens (primary N) is 1. The number of carbonyl (C=O) groups is 3. The summed E-state index contributed by atoms with van der Waals surface area (Å²) in [5.41, 5.74) is 8.11. The highest BCUT2D eigenvalue weighted by Crippen LogP contribution is 2.30. The lowest BCUT2D eigenvalue weighted by Crippen LogP contribution is -2.52. The lowest BCUT2D eigenvalue weighted by molar-refractivity contribution is -0.136. The first-order valence-corrected chi connectivity index (χ1v) is 9.56. The molecule has 9 nitrogen and oxygen atoms in total. The number of benzene rings is 1. The Labute approximate surface area is 167 Å². The van der Waals surface area contributed by atoms with Crippen molar-refractivity contribution in [2.24, 2.45) is 5.73 Å². The molecule has 0 aliphatic carbocycles. The van der Waals surface area contributed by atoms with E-state index in [1.165, 1.54) is 0 Å². The summed E-state index contributed by atoms with van der Waals surface area (Å²) < 4.78 is 0. The number of amides is 3. The van der Waals surface area contributed by atoms with Crippen LogP contribution in [0.4, 0.5) is 5.82 Å². The zero-order chi connectivity index (χ0) is 20.4. The molecule has 1 fully saturated rings. The Morgan fingerprint density at radius 1 is 1.21 bits per heavy atom. The second-order valence-electron chi connectivity index (χ2n) is 7.14. The second-order valence-corrected chi connectivity index (χ2v) is 7.14. The van der Waals surface area contributed by atoms with Crippen molar-refractivity contribution >= 4 is 23.5 Å². The quantitative estimate of drug-likeness (QED) is 0.671. The van der Waals surface area contributed by atoms with Crippen LogP contribution in [0.3, 0.4) is 0 Å². The molecule has 0 spiro atoms. The van der Waals surface area contributed by atoms with Crippen LogP contribution in [0.1, 0.15) is 34.3 Å². The Morgan fingerprint density at radius 3 is 2.79 bits per heavy atom. The molecule has 3 heterocycles. The van der Waals surface area contributed by atoms with E-state index in [1.807, 2.05) is 29.2 Å². The summed E-state index contributed by atoms with van der Waals surface area (Å²) in [6.45, 7) is 1.81. The highest BCUT2D eigenvalue weighted by atomic mass is 16.2. The fraction of sp³-hybridized carbons (Fsp3) is 0.350. The van der Waals surface area contributed by atoms with Gasteiger partial charge in [0, 0.05) is 44.4 Å². The number of anilines is 1. The van der Waals surface area contributed by atoms with Gasteiger partial charge < -0.3 is 15.5 Å². The number of piperidine rings is 1. The molecule has 150 valence electrons. The maximum atomic E-state index is 13.2. The van der Waals surface area contributed by atoms with Gasteiger partial charge in [0.25, 0.3) is 5.91 Å². The largest absolute Gasteiger partial charge is 0.350 e. The van der Waals surface area contributed by atoms with E-state index < -0.39 is 11.9 Å². The van der Waals surface area contributed by atoms with Gasteiger partial charge in [-0.15, -0.1) is 5.10 Å². The summed E-state index contributed by atoms with van der Waals surface area (Å²) >= 11 is 0. The van der Waals surface area contributed by atoms with Gasteiger partial charge in [0.2, 0.25) is 11.8 Å². The third-order valence-corrected chi connectivity index (χ3v) is 5.28. The van der Waals surface area contributed by atoms with Crippen molar-refractivity contribution in [3.8, 4) is 0 Å². The molecular weight excluding hydrogens is 372 g/mol. The number of aromatic nitrogens is 2. The number of nitrogens with zero attached hydrogens (tertiary/aromatic N) is 4. The highest BCUT2D eigenvalue weighted by Gasteiger charge is 2.40. The van der Waals surface area contributed by atoms with Gasteiger partial charge in [-0.2, -0.15) is 5.10 Å². The smallest absolute Gasteiger partial charge is 0.255 e. The van der Waals surface area contributed by atoms with Gasteiger partial charge in [-0.25, -0.2) is 0 Å². The molecule has 9 heteroatoms. The summed E-state index contributed by atoms with van der Waals surface area (Å²) in [4.78, 5) is 40.4. The van der Waals surface area contributed by atoms with Crippen LogP contribution in [-0.2, 0) is 22.7 Å². The third kappa shape index (κ3) is 3.68. The molecule has 1 atom stereocenters. The number of nitrogens with one attached hydrogen (secondary N) is 1. The van der Waals surface area contributed by atoms with E-state index in [4.69, 9.17) is 5.73 Å². The fourth-order valence-corrected chi connectivity index (χ4v) is 3.92. The third-order valence-electron chi connectivity index (χ3n) is 5.28. The van der Waals surface area contributed by atoms with Crippen LogP contribution in [0.2, 0.25) is 0 Å². The fourth-order valence-electron chi connectivity index (χ4n) is 3.92. The average Bonchev–Trinajstić information content (AvgIpc) is 3.06. The van der Waals surface area contributed by atoms with Crippen LogP contribution in [0.25, 0.3) is 0 Å². The van der Waals surface area contributed by atoms with Crippen LogP contribution in [-0.4, -0.2) is 52.0 Å². The Kier molecular flexibility index (Phi) is 5.22. The first-order valence-electron chi connectivity index (χ1n) is 9.56. The Hall–Kier alpha value is -3.33. The van der Waals surface area contributed by atoms with E-state index in [0.717, 1.165) is 11.1 Å². The van der Waals surface area contributed by atoms with Crippen LogP contribution in [0, 0.1) is 0 Å². The SMILES string of the molecule is NCCN(Cc1cccc2c1C(=O)N(C1CCC(=O)NC1=O)C2)c1cccnn1. The molecule has 3 N–H and O–H groups in total. The molecule has 2 aromatic rings. The topological polar surface area (TPSA) is 122 Å². The molecule has 1 aromatic heterocycles. The van der Waals surface area contributed by atoms with Crippen LogP contribution in [0.5, 0.6) is 0 Å². The van der Waals surface area contributed by atoms with Gasteiger partial charge in [0.15, 0.2) is 5.82 Å². The van der Waals surface area contributed by atoms with Crippen LogP contribution >= 0.6 is 0 Å². The van der Waals surface area contributed by atoms with Crippen molar-refractivity contribution in [3.05, 3.63) is 53.2 Å². The van der Waals surface area contributed by atoms with E-state index in [2.05, 4.69) is 15.5 Å². The minimum atomic E-state index is -0.624. The van der Waals surface area contributed by atoms with Gasteiger partial charge in [-0.3, -0.25) is 19.7 Å². The van der Waals surface area contributed by atoms with Crippen molar-refractivity contribution in [2.45, 2.75) is 32.0 Å². The van der Waals surface area contributed by atoms with Crippen molar-refractivity contribution in [1.82, 2.24) is 20.4 Å². The molecule has 29 heavy (non-hydrogen) atoms. The molecule has 4 rings (SSSR count). The standard InChI is InChI=1S/C20H22N6O3/c21-8-10-25(16-5-2-9-22-24-16)11-13-3-1-4-14-12-26(20(29)18(13)14)15-6-7-17(27)23-19(15)28/h1-5,9,15H,6-8,10-12,21H2,(H,23,27,28). The number of fused-ring (bicyclic) bond motifs is 1. The number of hydrogen-bond donors (Lipinski definition) is 2. The zero-order valence-corrected chi connectivity index (χ0v) is 15.9. The number of hydrogen-bond acceptors (Lipinski definition) is 7. The Bertz CT molecular complexity index is 948. The van der Waals surface area contributed by atoms with E-state index in [1.54, 1.807) is 17.2 Å². The summed E-state index contributed by atoms with van der Waals surface area (Å²) in [5, 5.41) is 10.4. The van der Waals surface area contributed by atoms with Gasteiger partial charge in [0.05, 0.1) is 0 Å². The number of imide groups is 1. The molecule has 2 aliphatic rings. The molecule has 2 aliphatic heterocycles. The minimum Gasteiger partial charge on any atom is -0.350 e. The maximum absolute atomic E-state index is 13.2. The number of carbonyl (C=O) groups excluding carboxylic acids is 3. The molecule has 1 aromatic carbocycles. The van der Waals surface area contributed by atoms with Gasteiger partial charge >= 0.3 is 0 Å². The molecule has 1 unspecified atom stereocenters. The van der Waals surface area contributed by atoms with E-state index in [0.29, 0.717) is 44.0 Å². The maximum Gasteiger partial charge on any atom is 0.255 e. The monoisotopic (exact) mass is 394 g/mol. The van der Waals surface area contributed by atoms with Gasteiger partial charge in [-0.1, -0.05) is 18.2 Å². The number of rotatable bonds is 6. The normalized spacial score (nSPS) is 18.6. The highest BCUT2D eigenvalue weighted by molar-refractivity contribution is 6.06. The summed E-state index contributed by atoms with van der Waals surface area (Å²) in [7, 11) is 0. The molecule has 0 bridgehead atoms. The van der Waals surface area contributed by atoms with Crippen LogP contribution in [0.15, 0.2) is 36.5 Å². The van der Waals surface area contributed by atoms with Crippen molar-refractivity contribution < 1.29 is 14.4 Å². The first-order chi connectivity index (χ1) is 14.1. The predicted molar refractivity (Wildman–Crippen MR) is 105 cm³/mol. The first kappa shape index (κ1) is 19.0. The predicted octanol–water partition coefficient (Wildman–Crippen LogP) is 0.203. The lowest BCUT2D eigenvalue weighted by Gasteiger charge is -2.29. The zero-order valence-electron chi connectivity index (χ0n) is 15.9. The van der Waals surface area contributed by atoms with E-state index in [-0.39, 0.29) is 18.2 Å². The molecular formula is C20H22N6O3. The average molecular weight is 394 g/mol. The van der Waals surface area contributed by atoms with Gasteiger partial charge in [0.1, 0.15) is 6.04 Å². The molecule has 1 saturated heterocycles. The summed E-state index contributed by atoms with van der Waals surface area (Å²) in [5.74, 6) is -0.203. The Balaban J connectivity index is 1.60. The second kappa shape index (κ2) is 7.96. The summed E-state index contributed by atoms with van der Waals surface area (Å²) in [6.07, 6.45) is 2.19. The lowest BCUT2D eigenvalue weighted by atomic mass is 10.0. The van der Waals surface area contributed by atoms with Gasteiger partial charge in [-0.05, 0) is 29.7 Å². The molecule has 0 radical (unpaired) electrons. The Morgan fingerprint density at radius 2 is 2.07 bits per heavy atom. The minimum absolute atomic E-state index is 0.183.